The number of guanidine groups is 1. The van der Waals surface area contributed by atoms with Crippen LogP contribution in [0.2, 0.25) is 5.02 Å². The van der Waals surface area contributed by atoms with Gasteiger partial charge in [0.2, 0.25) is 0 Å². The summed E-state index contributed by atoms with van der Waals surface area (Å²) in [5, 5.41) is 7.75. The third-order valence-electron chi connectivity index (χ3n) is 3.54. The Labute approximate surface area is 150 Å². The molecule has 0 radical (unpaired) electrons. The van der Waals surface area contributed by atoms with E-state index in [9.17, 15) is 0 Å². The molecule has 0 saturated heterocycles. The van der Waals surface area contributed by atoms with E-state index in [0.717, 1.165) is 16.9 Å². The molecule has 3 aromatic rings. The molecule has 7 heteroatoms. The maximum absolute atomic E-state index is 6.10. The van der Waals surface area contributed by atoms with Crippen LogP contribution in [-0.4, -0.2) is 22.8 Å². The van der Waals surface area contributed by atoms with E-state index in [1.54, 1.807) is 30.1 Å². The number of aliphatic imine (C=N–C) groups is 1. The van der Waals surface area contributed by atoms with Gasteiger partial charge in [-0.1, -0.05) is 23.7 Å². The molecule has 128 valence electrons. The zero-order valence-electron chi connectivity index (χ0n) is 13.7. The van der Waals surface area contributed by atoms with Gasteiger partial charge in [0, 0.05) is 18.1 Å². The number of hydrogen-bond acceptors (Lipinski definition) is 3. The molecule has 0 aliphatic carbocycles. The van der Waals surface area contributed by atoms with Gasteiger partial charge in [0.15, 0.2) is 5.96 Å². The van der Waals surface area contributed by atoms with Crippen LogP contribution in [0.25, 0.3) is 5.69 Å². The summed E-state index contributed by atoms with van der Waals surface area (Å²) in [5.41, 5.74) is 8.71. The van der Waals surface area contributed by atoms with E-state index in [1.165, 1.54) is 0 Å². The zero-order valence-corrected chi connectivity index (χ0v) is 14.4. The lowest BCUT2D eigenvalue weighted by Gasteiger charge is -2.09. The largest absolute Gasteiger partial charge is 0.495 e. The monoisotopic (exact) mass is 355 g/mol. The van der Waals surface area contributed by atoms with Gasteiger partial charge in [-0.25, -0.2) is 9.67 Å². The maximum Gasteiger partial charge on any atom is 0.193 e. The van der Waals surface area contributed by atoms with Crippen molar-refractivity contribution in [3.63, 3.8) is 0 Å². The highest BCUT2D eigenvalue weighted by Crippen LogP contribution is 2.27. The number of nitrogens with zero attached hydrogens (tertiary/aromatic N) is 3. The second kappa shape index (κ2) is 7.72. The van der Waals surface area contributed by atoms with Crippen LogP contribution < -0.4 is 15.8 Å². The molecule has 0 unspecified atom stereocenters. The molecular weight excluding hydrogens is 338 g/mol. The normalized spacial score (nSPS) is 11.4. The summed E-state index contributed by atoms with van der Waals surface area (Å²) < 4.78 is 6.92. The highest BCUT2D eigenvalue weighted by molar-refractivity contribution is 6.32. The molecule has 3 rings (SSSR count). The first-order valence-electron chi connectivity index (χ1n) is 7.65. The molecule has 0 saturated carbocycles. The number of halogens is 1. The average Bonchev–Trinajstić information content (AvgIpc) is 3.15. The van der Waals surface area contributed by atoms with Crippen molar-refractivity contribution in [1.29, 1.82) is 0 Å². The average molecular weight is 356 g/mol. The molecule has 3 N–H and O–H groups in total. The quantitative estimate of drug-likeness (QED) is 0.542. The van der Waals surface area contributed by atoms with Gasteiger partial charge in [0.25, 0.3) is 0 Å². The SMILES string of the molecule is COc1ccc(NC(N)=NCc2cccc(-n3cccn3)c2)cc1Cl. The predicted octanol–water partition coefficient (Wildman–Crippen LogP) is 3.46. The van der Waals surface area contributed by atoms with Crippen LogP contribution in [0.3, 0.4) is 0 Å². The van der Waals surface area contributed by atoms with Crippen molar-refractivity contribution >= 4 is 23.2 Å². The van der Waals surface area contributed by atoms with Crippen molar-refractivity contribution in [2.24, 2.45) is 10.7 Å². The van der Waals surface area contributed by atoms with E-state index in [1.807, 2.05) is 42.6 Å². The number of methoxy groups -OCH3 is 1. The van der Waals surface area contributed by atoms with Crippen LogP contribution in [0.5, 0.6) is 5.75 Å². The molecule has 0 spiro atoms. The number of aromatic nitrogens is 2. The summed E-state index contributed by atoms with van der Waals surface area (Å²) >= 11 is 6.10. The topological polar surface area (TPSA) is 77.5 Å². The van der Waals surface area contributed by atoms with E-state index in [4.69, 9.17) is 22.1 Å². The fourth-order valence-corrected chi connectivity index (χ4v) is 2.58. The molecule has 25 heavy (non-hydrogen) atoms. The second-order valence-electron chi connectivity index (χ2n) is 5.30. The molecule has 1 aromatic heterocycles. The highest BCUT2D eigenvalue weighted by Gasteiger charge is 2.03. The molecule has 2 aromatic carbocycles. The van der Waals surface area contributed by atoms with Gasteiger partial charge in [0.05, 0.1) is 24.4 Å². The van der Waals surface area contributed by atoms with Gasteiger partial charge in [0.1, 0.15) is 5.75 Å². The standard InChI is InChI=1S/C18H18ClN5O/c1-25-17-7-6-14(11-16(17)19)23-18(20)21-12-13-4-2-5-15(10-13)24-9-3-8-22-24/h2-11H,12H2,1H3,(H3,20,21,23). The summed E-state index contributed by atoms with van der Waals surface area (Å²) in [6.45, 7) is 0.456. The number of nitrogens with two attached hydrogens (primary N) is 1. The van der Waals surface area contributed by atoms with Crippen LogP contribution >= 0.6 is 11.6 Å². The Morgan fingerprint density at radius 3 is 2.88 bits per heavy atom. The van der Waals surface area contributed by atoms with Crippen molar-refractivity contribution in [2.75, 3.05) is 12.4 Å². The van der Waals surface area contributed by atoms with Crippen molar-refractivity contribution in [3.8, 4) is 11.4 Å². The first kappa shape index (κ1) is 16.9. The number of hydrogen-bond donors (Lipinski definition) is 2. The summed E-state index contributed by atoms with van der Waals surface area (Å²) in [4.78, 5) is 4.36. The van der Waals surface area contributed by atoms with Gasteiger partial charge in [-0.2, -0.15) is 5.10 Å². The van der Waals surface area contributed by atoms with Crippen molar-refractivity contribution in [3.05, 3.63) is 71.5 Å². The molecule has 0 bridgehead atoms. The summed E-state index contributed by atoms with van der Waals surface area (Å²) in [6, 6.07) is 15.2. The van der Waals surface area contributed by atoms with Crippen LogP contribution in [-0.2, 0) is 6.54 Å². The number of rotatable bonds is 5. The van der Waals surface area contributed by atoms with Crippen LogP contribution in [0.4, 0.5) is 5.69 Å². The predicted molar refractivity (Wildman–Crippen MR) is 101 cm³/mol. The highest BCUT2D eigenvalue weighted by atomic mass is 35.5. The van der Waals surface area contributed by atoms with Gasteiger partial charge < -0.3 is 15.8 Å². The van der Waals surface area contributed by atoms with E-state index in [0.29, 0.717) is 23.3 Å². The minimum atomic E-state index is 0.311. The van der Waals surface area contributed by atoms with Crippen molar-refractivity contribution in [2.45, 2.75) is 6.54 Å². The number of ether oxygens (including phenoxy) is 1. The lowest BCUT2D eigenvalue weighted by Crippen LogP contribution is -2.22. The van der Waals surface area contributed by atoms with Crippen LogP contribution in [0.15, 0.2) is 65.9 Å². The number of benzene rings is 2. The van der Waals surface area contributed by atoms with Crippen LogP contribution in [0.1, 0.15) is 5.56 Å². The third kappa shape index (κ3) is 4.30. The van der Waals surface area contributed by atoms with E-state index < -0.39 is 0 Å². The van der Waals surface area contributed by atoms with E-state index >= 15 is 0 Å². The number of nitrogens with one attached hydrogen (secondary N) is 1. The Bertz CT molecular complexity index is 877. The Morgan fingerprint density at radius 1 is 1.28 bits per heavy atom. The first-order chi connectivity index (χ1) is 12.2. The third-order valence-corrected chi connectivity index (χ3v) is 3.83. The molecule has 1 heterocycles. The van der Waals surface area contributed by atoms with E-state index in [2.05, 4.69) is 15.4 Å². The van der Waals surface area contributed by atoms with Gasteiger partial charge in [-0.3, -0.25) is 0 Å². The minimum Gasteiger partial charge on any atom is -0.495 e. The maximum atomic E-state index is 6.10. The molecule has 0 amide bonds. The molecule has 6 nitrogen and oxygen atoms in total. The lowest BCUT2D eigenvalue weighted by atomic mass is 10.2. The fourth-order valence-electron chi connectivity index (χ4n) is 2.33. The summed E-state index contributed by atoms with van der Waals surface area (Å²) in [5.74, 6) is 0.920. The zero-order chi connectivity index (χ0) is 17.6. The molecule has 0 aliphatic rings. The first-order valence-corrected chi connectivity index (χ1v) is 8.03. The summed E-state index contributed by atoms with van der Waals surface area (Å²) in [7, 11) is 1.57. The van der Waals surface area contributed by atoms with Crippen molar-refractivity contribution < 1.29 is 4.74 Å². The molecule has 0 aliphatic heterocycles. The molecular formula is C18H18ClN5O. The lowest BCUT2D eigenvalue weighted by molar-refractivity contribution is 0.415. The van der Waals surface area contributed by atoms with Gasteiger partial charge in [-0.15, -0.1) is 0 Å². The smallest absolute Gasteiger partial charge is 0.193 e. The molecule has 0 atom stereocenters. The number of anilines is 1. The van der Waals surface area contributed by atoms with E-state index in [-0.39, 0.29) is 0 Å². The minimum absolute atomic E-state index is 0.311. The van der Waals surface area contributed by atoms with Gasteiger partial charge in [-0.05, 0) is 42.0 Å². The van der Waals surface area contributed by atoms with Crippen molar-refractivity contribution in [1.82, 2.24) is 9.78 Å². The van der Waals surface area contributed by atoms with Crippen LogP contribution in [0, 0.1) is 0 Å². The Morgan fingerprint density at radius 2 is 2.16 bits per heavy atom. The molecule has 0 fully saturated rings. The Balaban J connectivity index is 1.67. The Hall–Kier alpha value is -2.99. The Kier molecular flexibility index (Phi) is 5.20. The fraction of sp³-hybridized carbons (Fsp3) is 0.111. The second-order valence-corrected chi connectivity index (χ2v) is 5.70. The summed E-state index contributed by atoms with van der Waals surface area (Å²) in [6.07, 6.45) is 3.64. The van der Waals surface area contributed by atoms with Gasteiger partial charge >= 0.3 is 0 Å².